The van der Waals surface area contributed by atoms with E-state index in [0.717, 1.165) is 5.56 Å². The average molecular weight is 532 g/mol. The van der Waals surface area contributed by atoms with Gasteiger partial charge in [-0.3, -0.25) is 19.4 Å². The van der Waals surface area contributed by atoms with Gasteiger partial charge >= 0.3 is 11.9 Å². The molecule has 2 aromatic carbocycles. The highest BCUT2D eigenvalue weighted by Crippen LogP contribution is 2.22. The van der Waals surface area contributed by atoms with Crippen LogP contribution in [-0.2, 0) is 25.5 Å². The number of ketones is 1. The molecule has 8 heteroatoms. The summed E-state index contributed by atoms with van der Waals surface area (Å²) in [5, 5.41) is 0. The van der Waals surface area contributed by atoms with Crippen LogP contribution < -0.4 is 9.47 Å². The molecule has 2 aromatic rings. The van der Waals surface area contributed by atoms with Crippen molar-refractivity contribution < 1.29 is 28.6 Å². The smallest absolute Gasteiger partial charge is 0.313 e. The minimum Gasteiger partial charge on any atom is -0.426 e. The van der Waals surface area contributed by atoms with Gasteiger partial charge in [0.25, 0.3) is 0 Å². The van der Waals surface area contributed by atoms with E-state index in [2.05, 4.69) is 20.9 Å². The Morgan fingerprint density at radius 1 is 0.912 bits per heavy atom. The second-order valence-electron chi connectivity index (χ2n) is 8.41. The first-order chi connectivity index (χ1) is 16.1. The van der Waals surface area contributed by atoms with Gasteiger partial charge in [0.1, 0.15) is 24.1 Å². The number of benzene rings is 2. The highest BCUT2D eigenvalue weighted by molar-refractivity contribution is 9.10. The molecule has 0 aliphatic rings. The van der Waals surface area contributed by atoms with Crippen LogP contribution in [0.15, 0.2) is 51.9 Å². The maximum atomic E-state index is 12.6. The first-order valence-electron chi connectivity index (χ1n) is 11.0. The van der Waals surface area contributed by atoms with E-state index >= 15 is 0 Å². The van der Waals surface area contributed by atoms with Gasteiger partial charge in [0.2, 0.25) is 0 Å². The molecule has 0 amide bonds. The normalized spacial score (nSPS) is 12.2. The zero-order valence-electron chi connectivity index (χ0n) is 20.0. The Kier molecular flexibility index (Phi) is 10.6. The maximum Gasteiger partial charge on any atom is 0.313 e. The third-order valence-corrected chi connectivity index (χ3v) is 5.15. The van der Waals surface area contributed by atoms with E-state index in [1.165, 1.54) is 7.11 Å². The van der Waals surface area contributed by atoms with E-state index in [1.54, 1.807) is 70.3 Å². The summed E-state index contributed by atoms with van der Waals surface area (Å²) in [4.78, 5) is 40.8. The van der Waals surface area contributed by atoms with Crippen LogP contribution in [0.4, 0.5) is 0 Å². The van der Waals surface area contributed by atoms with Crippen molar-refractivity contribution in [2.75, 3.05) is 13.7 Å². The number of methoxy groups -OCH3 is 1. The van der Waals surface area contributed by atoms with E-state index in [4.69, 9.17) is 14.2 Å². The Morgan fingerprint density at radius 3 is 2.06 bits per heavy atom. The summed E-state index contributed by atoms with van der Waals surface area (Å²) < 4.78 is 16.4. The first kappa shape index (κ1) is 27.4. The molecule has 0 fully saturated rings. The lowest BCUT2D eigenvalue weighted by atomic mass is 10.0. The SMILES string of the molecule is COCC(=O)C(Cc1ccc(OC(=O)C(C)C)cc1)N=Cc1cc(Br)cc(OC(=O)C(C)C)c1. The van der Waals surface area contributed by atoms with Gasteiger partial charge in [-0.2, -0.15) is 0 Å². The molecule has 0 aliphatic carbocycles. The van der Waals surface area contributed by atoms with Gasteiger partial charge in [-0.15, -0.1) is 0 Å². The fourth-order valence-electron chi connectivity index (χ4n) is 2.77. The fraction of sp³-hybridized carbons (Fsp3) is 0.385. The van der Waals surface area contributed by atoms with Crippen molar-refractivity contribution in [2.45, 2.75) is 40.2 Å². The van der Waals surface area contributed by atoms with Crippen LogP contribution >= 0.6 is 15.9 Å². The molecule has 0 saturated heterocycles. The Morgan fingerprint density at radius 2 is 1.50 bits per heavy atom. The van der Waals surface area contributed by atoms with Crippen LogP contribution in [0.25, 0.3) is 0 Å². The van der Waals surface area contributed by atoms with Gasteiger partial charge in [-0.1, -0.05) is 55.8 Å². The largest absolute Gasteiger partial charge is 0.426 e. The molecule has 0 saturated carbocycles. The lowest BCUT2D eigenvalue weighted by Crippen LogP contribution is -2.25. The third kappa shape index (κ3) is 8.83. The van der Waals surface area contributed by atoms with Crippen molar-refractivity contribution >= 4 is 39.9 Å². The third-order valence-electron chi connectivity index (χ3n) is 4.69. The van der Waals surface area contributed by atoms with Crippen LogP contribution in [0.1, 0.15) is 38.8 Å². The molecule has 1 atom stereocenters. The average Bonchev–Trinajstić information content (AvgIpc) is 2.77. The number of ether oxygens (including phenoxy) is 3. The van der Waals surface area contributed by atoms with Crippen molar-refractivity contribution in [3.8, 4) is 11.5 Å². The topological polar surface area (TPSA) is 91.3 Å². The summed E-state index contributed by atoms with van der Waals surface area (Å²) in [7, 11) is 1.46. The standard InChI is InChI=1S/C26H30BrNO6/c1-16(2)25(30)33-21-8-6-18(7-9-21)12-23(24(29)15-32-5)28-14-19-10-20(27)13-22(11-19)34-26(31)17(3)4/h6-11,13-14,16-17,23H,12,15H2,1-5H3. The highest BCUT2D eigenvalue weighted by atomic mass is 79.9. The van der Waals surface area contributed by atoms with E-state index < -0.39 is 6.04 Å². The van der Waals surface area contributed by atoms with Gasteiger partial charge in [0, 0.05) is 24.2 Å². The Labute approximate surface area is 208 Å². The molecule has 182 valence electrons. The lowest BCUT2D eigenvalue weighted by Gasteiger charge is -2.13. The number of hydrogen-bond acceptors (Lipinski definition) is 7. The van der Waals surface area contributed by atoms with Gasteiger partial charge in [0.15, 0.2) is 5.78 Å². The molecule has 2 rings (SSSR count). The Balaban J connectivity index is 2.19. The fourth-order valence-corrected chi connectivity index (χ4v) is 3.26. The molecule has 0 radical (unpaired) electrons. The van der Waals surface area contributed by atoms with E-state index in [-0.39, 0.29) is 36.2 Å². The van der Waals surface area contributed by atoms with Crippen molar-refractivity contribution in [3.05, 3.63) is 58.1 Å². The van der Waals surface area contributed by atoms with Crippen molar-refractivity contribution in [3.63, 3.8) is 0 Å². The number of carbonyl (C=O) groups is 3. The number of hydrogen-bond donors (Lipinski definition) is 0. The summed E-state index contributed by atoms with van der Waals surface area (Å²) in [5.41, 5.74) is 1.53. The summed E-state index contributed by atoms with van der Waals surface area (Å²) in [6.07, 6.45) is 1.93. The summed E-state index contributed by atoms with van der Waals surface area (Å²) in [5.74, 6) is -0.459. The second kappa shape index (κ2) is 13.2. The number of nitrogens with zero attached hydrogens (tertiary/aromatic N) is 1. The van der Waals surface area contributed by atoms with Gasteiger partial charge in [-0.25, -0.2) is 0 Å². The monoisotopic (exact) mass is 531 g/mol. The molecular weight excluding hydrogens is 502 g/mol. The summed E-state index contributed by atoms with van der Waals surface area (Å²) in [6, 6.07) is 11.5. The van der Waals surface area contributed by atoms with Gasteiger partial charge in [0.05, 0.1) is 11.8 Å². The minimum atomic E-state index is -0.676. The lowest BCUT2D eigenvalue weighted by molar-refractivity contribution is -0.138. The van der Waals surface area contributed by atoms with Crippen molar-refractivity contribution in [2.24, 2.45) is 16.8 Å². The number of carbonyl (C=O) groups excluding carboxylic acids is 3. The van der Waals surface area contributed by atoms with Crippen LogP contribution in [0.3, 0.4) is 0 Å². The summed E-state index contributed by atoms with van der Waals surface area (Å²) in [6.45, 7) is 6.99. The first-order valence-corrected chi connectivity index (χ1v) is 11.8. The van der Waals surface area contributed by atoms with Crippen LogP contribution in [0.5, 0.6) is 11.5 Å². The molecule has 1 unspecified atom stereocenters. The van der Waals surface area contributed by atoms with Crippen LogP contribution in [-0.4, -0.2) is 43.7 Å². The van der Waals surface area contributed by atoms with Gasteiger partial charge < -0.3 is 14.2 Å². The Bertz CT molecular complexity index is 1030. The molecule has 0 spiro atoms. The molecule has 0 bridgehead atoms. The summed E-state index contributed by atoms with van der Waals surface area (Å²) >= 11 is 3.41. The number of rotatable bonds is 11. The minimum absolute atomic E-state index is 0.0676. The zero-order chi connectivity index (χ0) is 25.3. The highest BCUT2D eigenvalue weighted by Gasteiger charge is 2.18. The molecule has 34 heavy (non-hydrogen) atoms. The van der Waals surface area contributed by atoms with Crippen molar-refractivity contribution in [1.82, 2.24) is 0 Å². The second-order valence-corrected chi connectivity index (χ2v) is 9.33. The predicted octanol–water partition coefficient (Wildman–Crippen LogP) is 4.82. The quantitative estimate of drug-likeness (QED) is 0.234. The molecule has 7 nitrogen and oxygen atoms in total. The molecule has 0 aliphatic heterocycles. The molecular formula is C26H30BrNO6. The van der Waals surface area contributed by atoms with Crippen LogP contribution in [0.2, 0.25) is 0 Å². The predicted molar refractivity (Wildman–Crippen MR) is 133 cm³/mol. The van der Waals surface area contributed by atoms with E-state index in [9.17, 15) is 14.4 Å². The number of esters is 2. The number of aliphatic imine (C=N–C) groups is 1. The number of Topliss-reactive ketones (excluding diaryl/α,β-unsaturated/α-hetero) is 1. The van der Waals surface area contributed by atoms with Crippen molar-refractivity contribution in [1.29, 1.82) is 0 Å². The van der Waals surface area contributed by atoms with E-state index in [0.29, 0.717) is 28.0 Å². The Hall–Kier alpha value is -2.84. The van der Waals surface area contributed by atoms with E-state index in [1.807, 2.05) is 6.07 Å². The zero-order valence-corrected chi connectivity index (χ0v) is 21.6. The maximum absolute atomic E-state index is 12.6. The van der Waals surface area contributed by atoms with Crippen LogP contribution in [0, 0.1) is 11.8 Å². The molecule has 0 aromatic heterocycles. The number of halogens is 1. The van der Waals surface area contributed by atoms with Gasteiger partial charge in [-0.05, 0) is 41.5 Å². The molecule has 0 heterocycles. The molecule has 0 N–H and O–H groups in total.